The molecule has 0 aliphatic rings. The molecule has 0 unspecified atom stereocenters. The summed E-state index contributed by atoms with van der Waals surface area (Å²) in [7, 11) is -3.67. The first-order chi connectivity index (χ1) is 20.0. The number of benzene rings is 3. The number of carbonyl (C=O) groups excluding carboxylic acids is 2. The Kier molecular flexibility index (Phi) is 11.9. The summed E-state index contributed by atoms with van der Waals surface area (Å²) in [6, 6.07) is 18.8. The Balaban J connectivity index is 1.94. The third-order valence-corrected chi connectivity index (χ3v) is 8.85. The van der Waals surface area contributed by atoms with Crippen molar-refractivity contribution in [2.45, 2.75) is 65.1 Å². The Labute approximate surface area is 270 Å². The third-order valence-electron chi connectivity index (χ3n) is 6.70. The number of aryl methyl sites for hydroxylation is 1. The van der Waals surface area contributed by atoms with Crippen LogP contribution in [0.4, 0.5) is 5.69 Å². The first kappa shape index (κ1) is 34.7. The molecule has 0 saturated heterocycles. The standard InChI is InChI=1S/C32H38Cl3N3O4S/c1-22-13-15-25(33)20-28(22)38(43(5,41)42)17-9-12-30(39)37(21-24-14-16-26(34)27(35)18-24)29(31(40)36-32(2,3)4)19-23-10-7-6-8-11-23/h6-8,10-11,13-16,18,20,29H,9,12,17,19,21H2,1-5H3,(H,36,40)/t29-/m0/s1. The Bertz CT molecular complexity index is 1540. The smallest absolute Gasteiger partial charge is 0.243 e. The van der Waals surface area contributed by atoms with E-state index in [1.807, 2.05) is 51.1 Å². The van der Waals surface area contributed by atoms with Gasteiger partial charge in [0.2, 0.25) is 21.8 Å². The monoisotopic (exact) mass is 665 g/mol. The second-order valence-electron chi connectivity index (χ2n) is 11.6. The predicted octanol–water partition coefficient (Wildman–Crippen LogP) is 7.06. The quantitative estimate of drug-likeness (QED) is 0.224. The molecule has 1 atom stereocenters. The van der Waals surface area contributed by atoms with Crippen LogP contribution in [0.3, 0.4) is 0 Å². The van der Waals surface area contributed by atoms with Crippen molar-refractivity contribution < 1.29 is 18.0 Å². The highest BCUT2D eigenvalue weighted by Crippen LogP contribution is 2.28. The van der Waals surface area contributed by atoms with E-state index in [1.165, 1.54) is 4.31 Å². The van der Waals surface area contributed by atoms with Crippen LogP contribution in [0.15, 0.2) is 66.7 Å². The van der Waals surface area contributed by atoms with Crippen LogP contribution in [0.25, 0.3) is 0 Å². The van der Waals surface area contributed by atoms with Crippen LogP contribution in [0, 0.1) is 6.92 Å². The molecule has 0 heterocycles. The molecule has 232 valence electrons. The lowest BCUT2D eigenvalue weighted by molar-refractivity contribution is -0.142. The second kappa shape index (κ2) is 14.8. The lowest BCUT2D eigenvalue weighted by atomic mass is 10.00. The van der Waals surface area contributed by atoms with Gasteiger partial charge in [0.05, 0.1) is 22.0 Å². The van der Waals surface area contributed by atoms with Gasteiger partial charge < -0.3 is 10.2 Å². The van der Waals surface area contributed by atoms with Crippen LogP contribution in [-0.2, 0) is 32.6 Å². The van der Waals surface area contributed by atoms with Gasteiger partial charge in [0.1, 0.15) is 6.04 Å². The van der Waals surface area contributed by atoms with Crippen LogP contribution in [-0.4, -0.2) is 49.5 Å². The number of nitrogens with zero attached hydrogens (tertiary/aromatic N) is 2. The van der Waals surface area contributed by atoms with E-state index in [4.69, 9.17) is 34.8 Å². The Hall–Kier alpha value is -2.78. The van der Waals surface area contributed by atoms with Crippen molar-refractivity contribution >= 4 is 62.3 Å². The van der Waals surface area contributed by atoms with E-state index in [0.29, 0.717) is 26.3 Å². The van der Waals surface area contributed by atoms with Crippen molar-refractivity contribution in [3.05, 3.63) is 98.5 Å². The van der Waals surface area contributed by atoms with Gasteiger partial charge in [0, 0.05) is 36.5 Å². The topological polar surface area (TPSA) is 86.8 Å². The number of hydrogen-bond acceptors (Lipinski definition) is 4. The maximum Gasteiger partial charge on any atom is 0.243 e. The van der Waals surface area contributed by atoms with Gasteiger partial charge in [0.15, 0.2) is 0 Å². The van der Waals surface area contributed by atoms with Crippen LogP contribution in [0.1, 0.15) is 50.3 Å². The number of anilines is 1. The molecule has 11 heteroatoms. The van der Waals surface area contributed by atoms with Crippen LogP contribution < -0.4 is 9.62 Å². The zero-order valence-corrected chi connectivity index (χ0v) is 28.1. The second-order valence-corrected chi connectivity index (χ2v) is 14.7. The molecule has 0 spiro atoms. The van der Waals surface area contributed by atoms with Gasteiger partial charge in [-0.15, -0.1) is 0 Å². The van der Waals surface area contributed by atoms with Gasteiger partial charge >= 0.3 is 0 Å². The number of halogens is 3. The van der Waals surface area contributed by atoms with Gasteiger partial charge in [-0.05, 0) is 75.1 Å². The van der Waals surface area contributed by atoms with Crippen molar-refractivity contribution in [2.24, 2.45) is 0 Å². The third kappa shape index (κ3) is 10.4. The summed E-state index contributed by atoms with van der Waals surface area (Å²) in [5, 5.41) is 4.16. The molecule has 3 rings (SSSR count). The van der Waals surface area contributed by atoms with E-state index in [-0.39, 0.29) is 44.2 Å². The molecular formula is C32H38Cl3N3O4S. The van der Waals surface area contributed by atoms with Gasteiger partial charge in [-0.1, -0.05) is 77.3 Å². The number of carbonyl (C=O) groups is 2. The van der Waals surface area contributed by atoms with E-state index < -0.39 is 21.6 Å². The van der Waals surface area contributed by atoms with E-state index in [1.54, 1.807) is 48.2 Å². The highest BCUT2D eigenvalue weighted by Gasteiger charge is 2.32. The van der Waals surface area contributed by atoms with E-state index in [2.05, 4.69) is 5.32 Å². The molecule has 2 amide bonds. The van der Waals surface area contributed by atoms with Crippen molar-refractivity contribution in [2.75, 3.05) is 17.1 Å². The minimum atomic E-state index is -3.67. The number of hydrogen-bond donors (Lipinski definition) is 1. The maximum atomic E-state index is 14.0. The summed E-state index contributed by atoms with van der Waals surface area (Å²) in [4.78, 5) is 29.3. The summed E-state index contributed by atoms with van der Waals surface area (Å²) in [5.74, 6) is -0.593. The predicted molar refractivity (Wildman–Crippen MR) is 176 cm³/mol. The van der Waals surface area contributed by atoms with E-state index >= 15 is 0 Å². The fourth-order valence-corrected chi connectivity index (χ4v) is 6.18. The molecule has 1 N–H and O–H groups in total. The summed E-state index contributed by atoms with van der Waals surface area (Å²) in [6.45, 7) is 7.61. The van der Waals surface area contributed by atoms with E-state index in [0.717, 1.165) is 17.4 Å². The zero-order valence-electron chi connectivity index (χ0n) is 25.0. The van der Waals surface area contributed by atoms with Crippen LogP contribution >= 0.6 is 34.8 Å². The largest absolute Gasteiger partial charge is 0.350 e. The van der Waals surface area contributed by atoms with Crippen molar-refractivity contribution in [1.29, 1.82) is 0 Å². The highest BCUT2D eigenvalue weighted by molar-refractivity contribution is 7.92. The fourth-order valence-electron chi connectivity index (χ4n) is 4.68. The summed E-state index contributed by atoms with van der Waals surface area (Å²) >= 11 is 18.6. The first-order valence-electron chi connectivity index (χ1n) is 13.9. The number of amides is 2. The fraction of sp³-hybridized carbons (Fsp3) is 0.375. The Morgan fingerprint density at radius 2 is 1.58 bits per heavy atom. The zero-order chi connectivity index (χ0) is 31.9. The first-order valence-corrected chi connectivity index (χ1v) is 16.9. The highest BCUT2D eigenvalue weighted by atomic mass is 35.5. The van der Waals surface area contributed by atoms with Gasteiger partial charge in [-0.3, -0.25) is 13.9 Å². The Morgan fingerprint density at radius 3 is 2.19 bits per heavy atom. The molecule has 3 aromatic carbocycles. The molecule has 0 radical (unpaired) electrons. The lowest BCUT2D eigenvalue weighted by Crippen LogP contribution is -2.54. The molecular weight excluding hydrogens is 629 g/mol. The van der Waals surface area contributed by atoms with Crippen molar-refractivity contribution in [1.82, 2.24) is 10.2 Å². The average Bonchev–Trinajstić information content (AvgIpc) is 2.91. The molecule has 7 nitrogen and oxygen atoms in total. The van der Waals surface area contributed by atoms with Crippen LogP contribution in [0.5, 0.6) is 0 Å². The summed E-state index contributed by atoms with van der Waals surface area (Å²) < 4.78 is 26.8. The summed E-state index contributed by atoms with van der Waals surface area (Å²) in [6.07, 6.45) is 1.63. The molecule has 43 heavy (non-hydrogen) atoms. The van der Waals surface area contributed by atoms with Crippen molar-refractivity contribution in [3.63, 3.8) is 0 Å². The van der Waals surface area contributed by atoms with Crippen molar-refractivity contribution in [3.8, 4) is 0 Å². The molecule has 0 saturated carbocycles. The summed E-state index contributed by atoms with van der Waals surface area (Å²) in [5.41, 5.74) is 2.26. The SMILES string of the molecule is Cc1ccc(Cl)cc1N(CCCC(=O)N(Cc1ccc(Cl)c(Cl)c1)[C@@H](Cc1ccccc1)C(=O)NC(C)(C)C)S(C)(=O)=O. The number of sulfonamides is 1. The van der Waals surface area contributed by atoms with E-state index in [9.17, 15) is 18.0 Å². The molecule has 3 aromatic rings. The minimum Gasteiger partial charge on any atom is -0.350 e. The number of nitrogens with one attached hydrogen (secondary N) is 1. The average molecular weight is 667 g/mol. The lowest BCUT2D eigenvalue weighted by Gasteiger charge is -2.34. The molecule has 0 aliphatic heterocycles. The van der Waals surface area contributed by atoms with Gasteiger partial charge in [-0.25, -0.2) is 8.42 Å². The van der Waals surface area contributed by atoms with Gasteiger partial charge in [-0.2, -0.15) is 0 Å². The Morgan fingerprint density at radius 1 is 0.907 bits per heavy atom. The normalized spacial score (nSPS) is 12.5. The molecule has 0 fully saturated rings. The maximum absolute atomic E-state index is 14.0. The molecule has 0 bridgehead atoms. The van der Waals surface area contributed by atoms with Gasteiger partial charge in [0.25, 0.3) is 0 Å². The minimum absolute atomic E-state index is 0.00103. The number of rotatable bonds is 12. The molecule has 0 aromatic heterocycles. The van der Waals surface area contributed by atoms with Crippen LogP contribution in [0.2, 0.25) is 15.1 Å². The molecule has 0 aliphatic carbocycles.